The summed E-state index contributed by atoms with van der Waals surface area (Å²) in [6.45, 7) is 6.32. The molecule has 2 aromatic carbocycles. The van der Waals surface area contributed by atoms with E-state index >= 15 is 0 Å². The normalized spacial score (nSPS) is 11.4. The van der Waals surface area contributed by atoms with E-state index in [1.165, 1.54) is 11.1 Å². The molecule has 152 valence electrons. The minimum atomic E-state index is -3.61. The first-order valence-electron chi connectivity index (χ1n) is 9.25. The Hall–Kier alpha value is -1.83. The molecule has 0 spiro atoms. The number of amides is 1. The molecular weight excluding hydrogens is 392 g/mol. The molecule has 2 N–H and O–H groups in total. The third-order valence-corrected chi connectivity index (χ3v) is 6.87. The molecule has 0 aliphatic rings. The molecule has 0 heterocycles. The van der Waals surface area contributed by atoms with Crippen LogP contribution in [0, 0.1) is 20.8 Å². The van der Waals surface area contributed by atoms with E-state index < -0.39 is 10.0 Å². The van der Waals surface area contributed by atoms with Crippen LogP contribution in [-0.4, -0.2) is 33.2 Å². The van der Waals surface area contributed by atoms with Crippen LogP contribution in [0.3, 0.4) is 0 Å². The molecule has 0 aliphatic heterocycles. The number of thioether (sulfide) groups is 1. The Bertz CT molecular complexity index is 894. The summed E-state index contributed by atoms with van der Waals surface area (Å²) < 4.78 is 27.3. The molecule has 0 radical (unpaired) electrons. The molecule has 7 heteroatoms. The molecule has 0 aliphatic carbocycles. The Morgan fingerprint density at radius 3 is 2.36 bits per heavy atom. The first kappa shape index (κ1) is 22.5. The highest BCUT2D eigenvalue weighted by Gasteiger charge is 2.16. The molecule has 2 rings (SSSR count). The number of aryl methyl sites for hydroxylation is 3. The lowest BCUT2D eigenvalue weighted by molar-refractivity contribution is -0.120. The minimum absolute atomic E-state index is 0.0814. The molecule has 0 bridgehead atoms. The number of nitrogens with one attached hydrogen (secondary N) is 2. The number of rotatable bonds is 10. The summed E-state index contributed by atoms with van der Waals surface area (Å²) >= 11 is 1.76. The van der Waals surface area contributed by atoms with Gasteiger partial charge in [-0.05, 0) is 43.5 Å². The topological polar surface area (TPSA) is 75.3 Å². The second-order valence-electron chi connectivity index (χ2n) is 6.80. The van der Waals surface area contributed by atoms with E-state index in [2.05, 4.69) is 41.2 Å². The van der Waals surface area contributed by atoms with Crippen molar-refractivity contribution in [1.82, 2.24) is 10.0 Å². The number of benzene rings is 2. The van der Waals surface area contributed by atoms with Gasteiger partial charge < -0.3 is 5.32 Å². The van der Waals surface area contributed by atoms with Gasteiger partial charge in [0, 0.05) is 31.0 Å². The highest BCUT2D eigenvalue weighted by Crippen LogP contribution is 2.16. The second kappa shape index (κ2) is 10.6. The van der Waals surface area contributed by atoms with Crippen molar-refractivity contribution in [2.24, 2.45) is 0 Å². The van der Waals surface area contributed by atoms with Gasteiger partial charge in [0.25, 0.3) is 0 Å². The minimum Gasteiger partial charge on any atom is -0.355 e. The fourth-order valence-corrected chi connectivity index (χ4v) is 4.78. The van der Waals surface area contributed by atoms with Crippen LogP contribution in [0.2, 0.25) is 0 Å². The number of carbonyl (C=O) groups is 1. The summed E-state index contributed by atoms with van der Waals surface area (Å²) in [5, 5.41) is 2.83. The summed E-state index contributed by atoms with van der Waals surface area (Å²) in [5.41, 5.74) is 4.08. The molecule has 5 nitrogen and oxygen atoms in total. The van der Waals surface area contributed by atoms with Crippen molar-refractivity contribution in [1.29, 1.82) is 0 Å². The summed E-state index contributed by atoms with van der Waals surface area (Å²) in [5.74, 6) is 1.57. The quantitative estimate of drug-likeness (QED) is 0.578. The Morgan fingerprint density at radius 2 is 1.64 bits per heavy atom. The molecule has 0 saturated carbocycles. The molecule has 0 saturated heterocycles. The average Bonchev–Trinajstić information content (AvgIpc) is 2.64. The zero-order chi connectivity index (χ0) is 20.6. The lowest BCUT2D eigenvalue weighted by Gasteiger charge is -2.10. The molecule has 2 aromatic rings. The first-order chi connectivity index (χ1) is 13.3. The monoisotopic (exact) mass is 420 g/mol. The molecule has 28 heavy (non-hydrogen) atoms. The standard InChI is InChI=1S/C21H28N2O3S2/c1-16-5-8-19(9-6-16)15-27-13-12-22-21(24)10-11-23-28(25,26)20-14-17(2)4-7-18(20)3/h4-9,14,23H,10-13,15H2,1-3H3,(H,22,24). The molecular formula is C21H28N2O3S2. The van der Waals surface area contributed by atoms with E-state index in [0.717, 1.165) is 17.1 Å². The first-order valence-corrected chi connectivity index (χ1v) is 11.9. The van der Waals surface area contributed by atoms with Gasteiger partial charge in [-0.2, -0.15) is 11.8 Å². The van der Waals surface area contributed by atoms with Crippen LogP contribution in [0.1, 0.15) is 28.7 Å². The highest BCUT2D eigenvalue weighted by molar-refractivity contribution is 7.98. The predicted octanol–water partition coefficient (Wildman–Crippen LogP) is 3.33. The molecule has 0 unspecified atom stereocenters. The fraction of sp³-hybridized carbons (Fsp3) is 0.381. The van der Waals surface area contributed by atoms with Gasteiger partial charge in [0.15, 0.2) is 0 Å². The lowest BCUT2D eigenvalue weighted by atomic mass is 10.2. The Kier molecular flexibility index (Phi) is 8.54. The van der Waals surface area contributed by atoms with E-state index in [9.17, 15) is 13.2 Å². The zero-order valence-electron chi connectivity index (χ0n) is 16.6. The summed E-state index contributed by atoms with van der Waals surface area (Å²) in [6.07, 6.45) is 0.118. The third kappa shape index (κ3) is 7.30. The Balaban J connectivity index is 1.65. The van der Waals surface area contributed by atoms with Crippen LogP contribution >= 0.6 is 11.8 Å². The van der Waals surface area contributed by atoms with E-state index in [1.54, 1.807) is 30.8 Å². The zero-order valence-corrected chi connectivity index (χ0v) is 18.3. The molecule has 0 aromatic heterocycles. The molecule has 0 fully saturated rings. The van der Waals surface area contributed by atoms with Gasteiger partial charge in [0.1, 0.15) is 0 Å². The maximum absolute atomic E-state index is 12.4. The summed E-state index contributed by atoms with van der Waals surface area (Å²) in [4.78, 5) is 12.2. The third-order valence-electron chi connectivity index (χ3n) is 4.24. The van der Waals surface area contributed by atoms with Crippen molar-refractivity contribution < 1.29 is 13.2 Å². The predicted molar refractivity (Wildman–Crippen MR) is 116 cm³/mol. The molecule has 0 atom stereocenters. The van der Waals surface area contributed by atoms with Crippen LogP contribution in [0.4, 0.5) is 0 Å². The van der Waals surface area contributed by atoms with E-state index in [-0.39, 0.29) is 23.8 Å². The number of carbonyl (C=O) groups excluding carboxylic acids is 1. The lowest BCUT2D eigenvalue weighted by Crippen LogP contribution is -2.32. The fourth-order valence-electron chi connectivity index (χ4n) is 2.60. The van der Waals surface area contributed by atoms with Gasteiger partial charge in [-0.15, -0.1) is 0 Å². The van der Waals surface area contributed by atoms with Gasteiger partial charge in [0.05, 0.1) is 4.90 Å². The van der Waals surface area contributed by atoms with Gasteiger partial charge in [-0.1, -0.05) is 42.0 Å². The number of hydrogen-bond donors (Lipinski definition) is 2. The SMILES string of the molecule is Cc1ccc(CSCCNC(=O)CCNS(=O)(=O)c2cc(C)ccc2C)cc1. The van der Waals surface area contributed by atoms with Crippen LogP contribution in [0.25, 0.3) is 0 Å². The van der Waals surface area contributed by atoms with Crippen molar-refractivity contribution in [2.75, 3.05) is 18.8 Å². The van der Waals surface area contributed by atoms with Gasteiger partial charge >= 0.3 is 0 Å². The van der Waals surface area contributed by atoms with E-state index in [0.29, 0.717) is 12.1 Å². The maximum Gasteiger partial charge on any atom is 0.240 e. The summed E-state index contributed by atoms with van der Waals surface area (Å²) in [6, 6.07) is 13.7. The van der Waals surface area contributed by atoms with Crippen LogP contribution in [0.15, 0.2) is 47.4 Å². The maximum atomic E-state index is 12.4. The van der Waals surface area contributed by atoms with Crippen LogP contribution in [0.5, 0.6) is 0 Å². The van der Waals surface area contributed by atoms with Crippen molar-refractivity contribution in [3.63, 3.8) is 0 Å². The number of hydrogen-bond acceptors (Lipinski definition) is 4. The van der Waals surface area contributed by atoms with E-state index in [1.807, 2.05) is 13.0 Å². The van der Waals surface area contributed by atoms with Crippen LogP contribution < -0.4 is 10.0 Å². The largest absolute Gasteiger partial charge is 0.355 e. The molecule has 1 amide bonds. The van der Waals surface area contributed by atoms with Gasteiger partial charge in [0.2, 0.25) is 15.9 Å². The van der Waals surface area contributed by atoms with Gasteiger partial charge in [-0.3, -0.25) is 4.79 Å². The van der Waals surface area contributed by atoms with Crippen molar-refractivity contribution in [3.8, 4) is 0 Å². The number of sulfonamides is 1. The van der Waals surface area contributed by atoms with Crippen molar-refractivity contribution in [2.45, 2.75) is 37.8 Å². The average molecular weight is 421 g/mol. The Morgan fingerprint density at radius 1 is 0.964 bits per heavy atom. The van der Waals surface area contributed by atoms with Crippen molar-refractivity contribution in [3.05, 3.63) is 64.7 Å². The van der Waals surface area contributed by atoms with E-state index in [4.69, 9.17) is 0 Å². The highest BCUT2D eigenvalue weighted by atomic mass is 32.2. The Labute approximate surface area is 172 Å². The van der Waals surface area contributed by atoms with Crippen molar-refractivity contribution >= 4 is 27.7 Å². The summed E-state index contributed by atoms with van der Waals surface area (Å²) in [7, 11) is -3.61. The van der Waals surface area contributed by atoms with Gasteiger partial charge in [-0.25, -0.2) is 13.1 Å². The second-order valence-corrected chi connectivity index (χ2v) is 9.65. The van der Waals surface area contributed by atoms with Crippen LogP contribution in [-0.2, 0) is 20.6 Å². The smallest absolute Gasteiger partial charge is 0.240 e.